The fourth-order valence-electron chi connectivity index (χ4n) is 3.66. The number of rotatable bonds is 8. The number of nitrogens with zero attached hydrogens (tertiary/aromatic N) is 6. The minimum atomic E-state index is -0.0457. The summed E-state index contributed by atoms with van der Waals surface area (Å²) in [5, 5.41) is 18.8. The molecule has 2 aromatic carbocycles. The average Bonchev–Trinajstić information content (AvgIpc) is 3.42. The topological polar surface area (TPSA) is 94.3 Å². The van der Waals surface area contributed by atoms with Gasteiger partial charge in [0, 0.05) is 12.0 Å². The van der Waals surface area contributed by atoms with Crippen LogP contribution in [0.3, 0.4) is 0 Å². The molecule has 4 rings (SSSR count). The molecule has 166 valence electrons. The number of nitrogens with one attached hydrogen (secondary N) is 1. The number of benzene rings is 2. The molecule has 8 heteroatoms. The lowest BCUT2D eigenvalue weighted by molar-refractivity contribution is 0.502. The van der Waals surface area contributed by atoms with Crippen LogP contribution in [0.4, 0.5) is 0 Å². The Labute approximate surface area is 187 Å². The Morgan fingerprint density at radius 1 is 0.969 bits per heavy atom. The number of hydrogen-bond donors (Lipinski definition) is 1. The third-order valence-corrected chi connectivity index (χ3v) is 5.49. The maximum Gasteiger partial charge on any atom is 0.346 e. The van der Waals surface area contributed by atoms with Gasteiger partial charge in [-0.3, -0.25) is 4.57 Å². The Morgan fingerprint density at radius 2 is 1.72 bits per heavy atom. The van der Waals surface area contributed by atoms with Crippen LogP contribution in [0, 0.1) is 5.92 Å². The molecule has 0 saturated heterocycles. The van der Waals surface area contributed by atoms with E-state index in [4.69, 9.17) is 0 Å². The molecule has 0 unspecified atom stereocenters. The van der Waals surface area contributed by atoms with E-state index in [1.807, 2.05) is 36.6 Å². The van der Waals surface area contributed by atoms with E-state index in [9.17, 15) is 4.79 Å². The Kier molecular flexibility index (Phi) is 6.30. The normalized spacial score (nSPS) is 11.6. The van der Waals surface area contributed by atoms with E-state index < -0.39 is 0 Å². The van der Waals surface area contributed by atoms with Gasteiger partial charge in [-0.05, 0) is 54.2 Å². The predicted molar refractivity (Wildman–Crippen MR) is 124 cm³/mol. The zero-order valence-corrected chi connectivity index (χ0v) is 19.0. The van der Waals surface area contributed by atoms with Gasteiger partial charge in [-0.1, -0.05) is 56.3 Å². The van der Waals surface area contributed by atoms with Gasteiger partial charge in [0.1, 0.15) is 5.82 Å². The molecular weight excluding hydrogens is 402 g/mol. The number of tetrazole rings is 1. The number of H-pyrrole nitrogens is 1. The largest absolute Gasteiger partial charge is 0.346 e. The summed E-state index contributed by atoms with van der Waals surface area (Å²) in [7, 11) is 0. The van der Waals surface area contributed by atoms with E-state index in [0.29, 0.717) is 18.3 Å². The van der Waals surface area contributed by atoms with E-state index in [1.54, 1.807) is 4.68 Å². The van der Waals surface area contributed by atoms with Crippen LogP contribution in [0.2, 0.25) is 0 Å². The second-order valence-corrected chi connectivity index (χ2v) is 8.77. The van der Waals surface area contributed by atoms with E-state index in [0.717, 1.165) is 40.9 Å². The van der Waals surface area contributed by atoms with Crippen molar-refractivity contribution in [1.82, 2.24) is 35.0 Å². The Hall–Kier alpha value is -3.55. The number of aromatic nitrogens is 7. The van der Waals surface area contributed by atoms with Crippen LogP contribution in [0.25, 0.3) is 22.5 Å². The summed E-state index contributed by atoms with van der Waals surface area (Å²) >= 11 is 0. The summed E-state index contributed by atoms with van der Waals surface area (Å²) in [4.78, 5) is 13.0. The van der Waals surface area contributed by atoms with Crippen molar-refractivity contribution >= 4 is 0 Å². The molecule has 0 aliphatic carbocycles. The van der Waals surface area contributed by atoms with Crippen LogP contribution in [-0.2, 0) is 13.0 Å². The summed E-state index contributed by atoms with van der Waals surface area (Å²) in [6, 6.07) is 16.4. The lowest BCUT2D eigenvalue weighted by Gasteiger charge is -2.09. The molecule has 8 nitrogen and oxygen atoms in total. The first-order valence-electron chi connectivity index (χ1n) is 11.0. The summed E-state index contributed by atoms with van der Waals surface area (Å²) in [5.74, 6) is 1.98. The van der Waals surface area contributed by atoms with E-state index in [1.165, 1.54) is 0 Å². The van der Waals surface area contributed by atoms with Gasteiger partial charge in [-0.2, -0.15) is 10.3 Å². The summed E-state index contributed by atoms with van der Waals surface area (Å²) in [5.41, 5.74) is 4.09. The minimum Gasteiger partial charge on any atom is -0.274 e. The van der Waals surface area contributed by atoms with Gasteiger partial charge in [0.2, 0.25) is 5.82 Å². The quantitative estimate of drug-likeness (QED) is 0.453. The highest BCUT2D eigenvalue weighted by Gasteiger charge is 2.16. The van der Waals surface area contributed by atoms with Gasteiger partial charge in [0.25, 0.3) is 0 Å². The highest BCUT2D eigenvalue weighted by molar-refractivity contribution is 5.70. The third-order valence-electron chi connectivity index (χ3n) is 5.49. The second kappa shape index (κ2) is 9.30. The van der Waals surface area contributed by atoms with Gasteiger partial charge in [0.15, 0.2) is 0 Å². The van der Waals surface area contributed by atoms with Crippen LogP contribution in [0.15, 0.2) is 53.3 Å². The molecule has 0 radical (unpaired) electrons. The first-order valence-corrected chi connectivity index (χ1v) is 11.0. The zero-order valence-electron chi connectivity index (χ0n) is 19.0. The second-order valence-electron chi connectivity index (χ2n) is 8.77. The van der Waals surface area contributed by atoms with Crippen molar-refractivity contribution in [2.24, 2.45) is 5.92 Å². The van der Waals surface area contributed by atoms with Crippen molar-refractivity contribution in [2.75, 3.05) is 0 Å². The van der Waals surface area contributed by atoms with Gasteiger partial charge < -0.3 is 0 Å². The molecule has 0 atom stereocenters. The van der Waals surface area contributed by atoms with Crippen LogP contribution in [0.5, 0.6) is 0 Å². The molecule has 0 fully saturated rings. The molecule has 0 aliphatic heterocycles. The maximum absolute atomic E-state index is 13.0. The Balaban J connectivity index is 1.58. The van der Waals surface area contributed by atoms with Crippen LogP contribution < -0.4 is 5.69 Å². The highest BCUT2D eigenvalue weighted by Crippen LogP contribution is 2.24. The van der Waals surface area contributed by atoms with E-state index in [-0.39, 0.29) is 11.7 Å². The summed E-state index contributed by atoms with van der Waals surface area (Å²) < 4.78 is 3.40. The van der Waals surface area contributed by atoms with Crippen molar-refractivity contribution < 1.29 is 0 Å². The van der Waals surface area contributed by atoms with Crippen molar-refractivity contribution in [1.29, 1.82) is 0 Å². The maximum atomic E-state index is 13.0. The number of aryl methyl sites for hydroxylation is 1. The monoisotopic (exact) mass is 431 g/mol. The SMILES string of the molecule is CC(C)CCc1nn(C(C)C)c(=O)n1Cc1ccc(-c2cccc(-c3nn[nH]n3)c2)cc1. The smallest absolute Gasteiger partial charge is 0.274 e. The molecule has 0 spiro atoms. The first-order chi connectivity index (χ1) is 15.4. The molecule has 0 aliphatic rings. The number of aromatic amines is 1. The molecule has 2 heterocycles. The Bertz CT molecular complexity index is 1220. The van der Waals surface area contributed by atoms with Crippen molar-refractivity contribution in [2.45, 2.75) is 53.1 Å². The highest BCUT2D eigenvalue weighted by atomic mass is 16.2. The standard InChI is InChI=1S/C24H29N7O/c1-16(2)8-13-22-27-31(17(3)4)24(32)30(22)15-18-9-11-19(12-10-18)20-6-5-7-21(14-20)23-25-28-29-26-23/h5-7,9-12,14,16-17H,8,13,15H2,1-4H3,(H,25,26,28,29). The average molecular weight is 432 g/mol. The zero-order chi connectivity index (χ0) is 22.7. The van der Waals surface area contributed by atoms with Crippen molar-refractivity contribution in [3.8, 4) is 22.5 Å². The van der Waals surface area contributed by atoms with Crippen molar-refractivity contribution in [3.63, 3.8) is 0 Å². The third kappa shape index (κ3) is 4.69. The molecule has 0 saturated carbocycles. The predicted octanol–water partition coefficient (Wildman–Crippen LogP) is 4.11. The summed E-state index contributed by atoms with van der Waals surface area (Å²) in [6.45, 7) is 8.87. The van der Waals surface area contributed by atoms with Crippen LogP contribution in [-0.4, -0.2) is 35.0 Å². The minimum absolute atomic E-state index is 0.0374. The van der Waals surface area contributed by atoms with Gasteiger partial charge in [-0.25, -0.2) is 9.48 Å². The summed E-state index contributed by atoms with van der Waals surface area (Å²) in [6.07, 6.45) is 1.80. The van der Waals surface area contributed by atoms with E-state index in [2.05, 4.69) is 69.9 Å². The molecular formula is C24H29N7O. The van der Waals surface area contributed by atoms with Gasteiger partial charge in [-0.15, -0.1) is 10.2 Å². The molecule has 4 aromatic rings. The lowest BCUT2D eigenvalue weighted by atomic mass is 10.0. The first kappa shape index (κ1) is 21.7. The van der Waals surface area contributed by atoms with Gasteiger partial charge in [0.05, 0.1) is 12.6 Å². The lowest BCUT2D eigenvalue weighted by Crippen LogP contribution is -2.27. The van der Waals surface area contributed by atoms with Crippen LogP contribution in [0.1, 0.15) is 51.5 Å². The van der Waals surface area contributed by atoms with Crippen LogP contribution >= 0.6 is 0 Å². The number of hydrogen-bond acceptors (Lipinski definition) is 5. The van der Waals surface area contributed by atoms with Gasteiger partial charge >= 0.3 is 5.69 Å². The molecule has 1 N–H and O–H groups in total. The van der Waals surface area contributed by atoms with Crippen molar-refractivity contribution in [3.05, 3.63) is 70.4 Å². The molecule has 0 amide bonds. The van der Waals surface area contributed by atoms with E-state index >= 15 is 0 Å². The molecule has 0 bridgehead atoms. The molecule has 32 heavy (non-hydrogen) atoms. The fourth-order valence-corrected chi connectivity index (χ4v) is 3.66. The fraction of sp³-hybridized carbons (Fsp3) is 0.375. The molecule has 2 aromatic heterocycles. The Morgan fingerprint density at radius 3 is 2.38 bits per heavy atom.